The average molecular weight is 389 g/mol. The van der Waals surface area contributed by atoms with Gasteiger partial charge in [-0.3, -0.25) is 9.36 Å². The number of aryl methyl sites for hydroxylation is 2. The Hall–Kier alpha value is -3.92. The standard InChI is InChI=1S/C22H19N3O4/c1-14-10-19(16(3)25(14)21-11-15(2)29-24-21)20(26)13-28-22(27)9-8-17-4-6-18(12-23)7-5-17/h4-11H,13H2,1-3H3/b9-8+. The summed E-state index contributed by atoms with van der Waals surface area (Å²) in [5.41, 5.74) is 3.27. The lowest BCUT2D eigenvalue weighted by atomic mass is 10.1. The fourth-order valence-corrected chi connectivity index (χ4v) is 2.95. The number of ketones is 1. The Bertz CT molecular complexity index is 1130. The molecule has 1 aromatic carbocycles. The summed E-state index contributed by atoms with van der Waals surface area (Å²) in [5, 5.41) is 12.8. The summed E-state index contributed by atoms with van der Waals surface area (Å²) in [7, 11) is 0. The molecule has 0 fully saturated rings. The average Bonchev–Trinajstić information content (AvgIpc) is 3.26. The van der Waals surface area contributed by atoms with Gasteiger partial charge in [-0.05, 0) is 50.6 Å². The molecule has 0 aliphatic rings. The summed E-state index contributed by atoms with van der Waals surface area (Å²) < 4.78 is 12.0. The Balaban J connectivity index is 1.64. The van der Waals surface area contributed by atoms with Gasteiger partial charge in [0.15, 0.2) is 12.4 Å². The van der Waals surface area contributed by atoms with Crippen LogP contribution < -0.4 is 0 Å². The van der Waals surface area contributed by atoms with E-state index < -0.39 is 5.97 Å². The van der Waals surface area contributed by atoms with Crippen molar-refractivity contribution in [2.75, 3.05) is 6.61 Å². The first-order chi connectivity index (χ1) is 13.9. The van der Waals surface area contributed by atoms with E-state index in [0.29, 0.717) is 28.4 Å². The number of hydrogen-bond donors (Lipinski definition) is 0. The number of rotatable bonds is 6. The van der Waals surface area contributed by atoms with E-state index in [0.717, 1.165) is 11.3 Å². The Morgan fingerprint density at radius 3 is 2.55 bits per heavy atom. The van der Waals surface area contributed by atoms with Crippen LogP contribution >= 0.6 is 0 Å². The van der Waals surface area contributed by atoms with Crippen molar-refractivity contribution in [1.82, 2.24) is 9.72 Å². The van der Waals surface area contributed by atoms with Crippen molar-refractivity contribution in [3.63, 3.8) is 0 Å². The molecule has 0 saturated carbocycles. The molecule has 0 radical (unpaired) electrons. The highest BCUT2D eigenvalue weighted by Crippen LogP contribution is 2.21. The molecule has 7 nitrogen and oxygen atoms in total. The minimum absolute atomic E-state index is 0.301. The van der Waals surface area contributed by atoms with Crippen LogP contribution in [0.2, 0.25) is 0 Å². The van der Waals surface area contributed by atoms with Gasteiger partial charge in [-0.1, -0.05) is 17.3 Å². The summed E-state index contributed by atoms with van der Waals surface area (Å²) in [5.74, 6) is 0.343. The lowest BCUT2D eigenvalue weighted by Gasteiger charge is -2.05. The van der Waals surface area contributed by atoms with E-state index in [1.807, 2.05) is 17.6 Å². The minimum atomic E-state index is -0.622. The fraction of sp³-hybridized carbons (Fsp3) is 0.182. The highest BCUT2D eigenvalue weighted by atomic mass is 16.5. The predicted molar refractivity (Wildman–Crippen MR) is 106 cm³/mol. The third kappa shape index (κ3) is 4.50. The van der Waals surface area contributed by atoms with Crippen LogP contribution in [-0.4, -0.2) is 28.1 Å². The zero-order chi connectivity index (χ0) is 21.0. The molecular formula is C22H19N3O4. The van der Waals surface area contributed by atoms with Crippen LogP contribution in [0.15, 0.2) is 47.0 Å². The first-order valence-corrected chi connectivity index (χ1v) is 8.90. The quantitative estimate of drug-likeness (QED) is 0.362. The molecule has 2 heterocycles. The van der Waals surface area contributed by atoms with Crippen molar-refractivity contribution in [2.24, 2.45) is 0 Å². The maximum Gasteiger partial charge on any atom is 0.331 e. The van der Waals surface area contributed by atoms with Crippen LogP contribution in [0.1, 0.15) is 38.6 Å². The van der Waals surface area contributed by atoms with Crippen molar-refractivity contribution in [2.45, 2.75) is 20.8 Å². The maximum atomic E-state index is 12.5. The van der Waals surface area contributed by atoms with Crippen LogP contribution in [0.3, 0.4) is 0 Å². The first kappa shape index (κ1) is 19.8. The number of hydrogen-bond acceptors (Lipinski definition) is 6. The molecule has 2 aromatic heterocycles. The second kappa shape index (κ2) is 8.40. The molecule has 0 aliphatic heterocycles. The van der Waals surface area contributed by atoms with Crippen LogP contribution in [0.25, 0.3) is 11.9 Å². The Kier molecular flexibility index (Phi) is 5.74. The molecule has 3 rings (SSSR count). The second-order valence-electron chi connectivity index (χ2n) is 6.51. The van der Waals surface area contributed by atoms with E-state index in [9.17, 15) is 9.59 Å². The van der Waals surface area contributed by atoms with E-state index >= 15 is 0 Å². The number of aromatic nitrogens is 2. The van der Waals surface area contributed by atoms with E-state index in [-0.39, 0.29) is 12.4 Å². The summed E-state index contributed by atoms with van der Waals surface area (Å²) in [6.07, 6.45) is 2.81. The van der Waals surface area contributed by atoms with Crippen molar-refractivity contribution < 1.29 is 18.8 Å². The molecule has 0 aliphatic carbocycles. The number of nitriles is 1. The lowest BCUT2D eigenvalue weighted by molar-refractivity contribution is -0.136. The molecule has 0 amide bonds. The lowest BCUT2D eigenvalue weighted by Crippen LogP contribution is -2.13. The van der Waals surface area contributed by atoms with Crippen LogP contribution in [-0.2, 0) is 9.53 Å². The van der Waals surface area contributed by atoms with Gasteiger partial charge >= 0.3 is 5.97 Å². The van der Waals surface area contributed by atoms with E-state index in [2.05, 4.69) is 5.16 Å². The molecule has 0 bridgehead atoms. The van der Waals surface area contributed by atoms with Crippen LogP contribution in [0.5, 0.6) is 0 Å². The van der Waals surface area contributed by atoms with E-state index in [1.165, 1.54) is 6.08 Å². The molecular weight excluding hydrogens is 370 g/mol. The number of benzene rings is 1. The molecule has 7 heteroatoms. The zero-order valence-electron chi connectivity index (χ0n) is 16.3. The highest BCUT2D eigenvalue weighted by molar-refractivity contribution is 6.00. The van der Waals surface area contributed by atoms with E-state index in [1.54, 1.807) is 56.3 Å². The van der Waals surface area contributed by atoms with Gasteiger partial charge in [0.1, 0.15) is 5.76 Å². The first-order valence-electron chi connectivity index (χ1n) is 8.90. The number of esters is 1. The third-order valence-corrected chi connectivity index (χ3v) is 4.37. The van der Waals surface area contributed by atoms with Gasteiger partial charge in [-0.2, -0.15) is 5.26 Å². The molecule has 29 heavy (non-hydrogen) atoms. The summed E-state index contributed by atoms with van der Waals surface area (Å²) in [4.78, 5) is 24.4. The smallest absolute Gasteiger partial charge is 0.331 e. The number of carbonyl (C=O) groups excluding carboxylic acids is 2. The molecule has 0 spiro atoms. The third-order valence-electron chi connectivity index (χ3n) is 4.37. The van der Waals surface area contributed by atoms with Gasteiger partial charge in [0, 0.05) is 29.1 Å². The van der Waals surface area contributed by atoms with Gasteiger partial charge in [0.25, 0.3) is 0 Å². The minimum Gasteiger partial charge on any atom is -0.454 e. The van der Waals surface area contributed by atoms with Crippen molar-refractivity contribution >= 4 is 17.8 Å². The number of Topliss-reactive ketones (excluding diaryl/α,β-unsaturated/α-hetero) is 1. The molecule has 3 aromatic rings. The number of ether oxygens (including phenoxy) is 1. The van der Waals surface area contributed by atoms with Gasteiger partial charge in [0.05, 0.1) is 11.6 Å². The Labute approximate surface area is 167 Å². The zero-order valence-corrected chi connectivity index (χ0v) is 16.3. The highest BCUT2D eigenvalue weighted by Gasteiger charge is 2.19. The van der Waals surface area contributed by atoms with Gasteiger partial charge in [-0.15, -0.1) is 0 Å². The summed E-state index contributed by atoms with van der Waals surface area (Å²) in [6, 6.07) is 12.3. The summed E-state index contributed by atoms with van der Waals surface area (Å²) in [6.45, 7) is 5.09. The fourth-order valence-electron chi connectivity index (χ4n) is 2.95. The second-order valence-corrected chi connectivity index (χ2v) is 6.51. The maximum absolute atomic E-state index is 12.5. The Morgan fingerprint density at radius 1 is 1.21 bits per heavy atom. The van der Waals surface area contributed by atoms with Crippen molar-refractivity contribution in [1.29, 1.82) is 5.26 Å². The monoisotopic (exact) mass is 389 g/mol. The van der Waals surface area contributed by atoms with Gasteiger partial charge in [0.2, 0.25) is 5.78 Å². The number of nitrogens with zero attached hydrogens (tertiary/aromatic N) is 3. The van der Waals surface area contributed by atoms with Crippen LogP contribution in [0, 0.1) is 32.1 Å². The molecule has 0 atom stereocenters. The van der Waals surface area contributed by atoms with Crippen molar-refractivity contribution in [3.05, 3.63) is 76.3 Å². The molecule has 146 valence electrons. The summed E-state index contributed by atoms with van der Waals surface area (Å²) >= 11 is 0. The predicted octanol–water partition coefficient (Wildman–Crippen LogP) is 3.70. The van der Waals surface area contributed by atoms with Crippen molar-refractivity contribution in [3.8, 4) is 11.9 Å². The molecule has 0 unspecified atom stereocenters. The Morgan fingerprint density at radius 2 is 1.93 bits per heavy atom. The normalized spacial score (nSPS) is 10.8. The SMILES string of the molecule is Cc1cc(-n2c(C)cc(C(=O)COC(=O)/C=C/c3ccc(C#N)cc3)c2C)no1. The van der Waals surface area contributed by atoms with Gasteiger partial charge < -0.3 is 9.26 Å². The van der Waals surface area contributed by atoms with E-state index in [4.69, 9.17) is 14.5 Å². The molecule has 0 saturated heterocycles. The van der Waals surface area contributed by atoms with Crippen LogP contribution in [0.4, 0.5) is 0 Å². The largest absolute Gasteiger partial charge is 0.454 e. The topological polar surface area (TPSA) is 98.1 Å². The van der Waals surface area contributed by atoms with Gasteiger partial charge in [-0.25, -0.2) is 4.79 Å². The molecule has 0 N–H and O–H groups in total. The number of carbonyl (C=O) groups is 2.